The van der Waals surface area contributed by atoms with Crippen LogP contribution in [0.5, 0.6) is 0 Å². The van der Waals surface area contributed by atoms with Gasteiger partial charge in [-0.15, -0.1) is 11.6 Å². The minimum Gasteiger partial charge on any atom is -0.355 e. The molecule has 0 aliphatic carbocycles. The molecule has 14 heavy (non-hydrogen) atoms. The zero-order valence-electron chi connectivity index (χ0n) is 8.24. The molecule has 1 N–H and O–H groups in total. The monoisotopic (exact) mass is 218 g/mol. The Balaban J connectivity index is 3.56. The van der Waals surface area contributed by atoms with Crippen LogP contribution in [0.1, 0.15) is 26.2 Å². The Morgan fingerprint density at radius 1 is 1.71 bits per heavy atom. The van der Waals surface area contributed by atoms with Crippen LogP contribution in [0.25, 0.3) is 10.4 Å². The van der Waals surface area contributed by atoms with E-state index < -0.39 is 5.38 Å². The van der Waals surface area contributed by atoms with Gasteiger partial charge < -0.3 is 5.32 Å². The number of hydrogen-bond acceptors (Lipinski definition) is 2. The average Bonchev–Trinajstić information content (AvgIpc) is 2.20. The first-order chi connectivity index (χ1) is 6.72. The molecule has 0 fully saturated rings. The van der Waals surface area contributed by atoms with Crippen molar-refractivity contribution >= 4 is 17.5 Å². The van der Waals surface area contributed by atoms with Crippen molar-refractivity contribution in [1.82, 2.24) is 5.32 Å². The Hall–Kier alpha value is -0.930. The SMILES string of the molecule is CCCCC(Cl)C(=O)NCCN=[N+]=[N-]. The molecule has 0 bridgehead atoms. The minimum atomic E-state index is -0.471. The van der Waals surface area contributed by atoms with Crippen molar-refractivity contribution in [3.63, 3.8) is 0 Å². The maximum Gasteiger partial charge on any atom is 0.238 e. The summed E-state index contributed by atoms with van der Waals surface area (Å²) in [7, 11) is 0. The molecule has 0 aromatic rings. The third kappa shape index (κ3) is 6.57. The molecule has 0 aromatic heterocycles. The number of halogens is 1. The van der Waals surface area contributed by atoms with Crippen LogP contribution in [-0.4, -0.2) is 24.4 Å². The van der Waals surface area contributed by atoms with Crippen molar-refractivity contribution in [2.75, 3.05) is 13.1 Å². The lowest BCUT2D eigenvalue weighted by molar-refractivity contribution is -0.120. The Morgan fingerprint density at radius 2 is 2.43 bits per heavy atom. The molecule has 0 aliphatic rings. The lowest BCUT2D eigenvalue weighted by Crippen LogP contribution is -2.33. The number of carbonyl (C=O) groups is 1. The Morgan fingerprint density at radius 3 is 3.00 bits per heavy atom. The number of hydrogen-bond donors (Lipinski definition) is 1. The molecule has 1 amide bonds. The van der Waals surface area contributed by atoms with Crippen LogP contribution < -0.4 is 5.32 Å². The molecule has 0 aliphatic heterocycles. The third-order valence-corrected chi connectivity index (χ3v) is 2.09. The van der Waals surface area contributed by atoms with Crippen molar-refractivity contribution in [1.29, 1.82) is 0 Å². The van der Waals surface area contributed by atoms with E-state index in [1.807, 2.05) is 6.92 Å². The Labute approximate surface area is 88.4 Å². The van der Waals surface area contributed by atoms with Crippen molar-refractivity contribution in [2.45, 2.75) is 31.6 Å². The summed E-state index contributed by atoms with van der Waals surface area (Å²) in [5.41, 5.74) is 7.98. The van der Waals surface area contributed by atoms with E-state index in [1.165, 1.54) is 0 Å². The van der Waals surface area contributed by atoms with Crippen LogP contribution in [0.15, 0.2) is 5.11 Å². The summed E-state index contributed by atoms with van der Waals surface area (Å²) in [6.07, 6.45) is 2.65. The molecule has 0 radical (unpaired) electrons. The van der Waals surface area contributed by atoms with Gasteiger partial charge in [0.15, 0.2) is 0 Å². The highest BCUT2D eigenvalue weighted by Gasteiger charge is 2.12. The maximum absolute atomic E-state index is 11.2. The third-order valence-electron chi connectivity index (χ3n) is 1.67. The summed E-state index contributed by atoms with van der Waals surface area (Å²) in [6, 6.07) is 0. The van der Waals surface area contributed by atoms with Crippen molar-refractivity contribution in [3.05, 3.63) is 10.4 Å². The second kappa shape index (κ2) is 8.66. The van der Waals surface area contributed by atoms with Crippen LogP contribution in [0, 0.1) is 0 Å². The van der Waals surface area contributed by atoms with Gasteiger partial charge in [-0.05, 0) is 12.0 Å². The molecule has 5 nitrogen and oxygen atoms in total. The number of carbonyl (C=O) groups excluding carboxylic acids is 1. The predicted molar refractivity (Wildman–Crippen MR) is 56.2 cm³/mol. The van der Waals surface area contributed by atoms with Gasteiger partial charge in [-0.3, -0.25) is 4.79 Å². The molecule has 80 valence electrons. The van der Waals surface area contributed by atoms with Gasteiger partial charge in [0.25, 0.3) is 0 Å². The lowest BCUT2D eigenvalue weighted by atomic mass is 10.2. The Bertz CT molecular complexity index is 215. The molecule has 6 heteroatoms. The van der Waals surface area contributed by atoms with E-state index in [1.54, 1.807) is 0 Å². The second-order valence-corrected chi connectivity index (χ2v) is 3.38. The average molecular weight is 219 g/mol. The highest BCUT2D eigenvalue weighted by Crippen LogP contribution is 2.06. The predicted octanol–water partition coefficient (Wildman–Crippen LogP) is 2.21. The molecular weight excluding hydrogens is 204 g/mol. The number of nitrogens with one attached hydrogen (secondary N) is 1. The van der Waals surface area contributed by atoms with Crippen LogP contribution in [0.2, 0.25) is 0 Å². The molecular formula is C8H15ClN4O. The van der Waals surface area contributed by atoms with Gasteiger partial charge in [0.1, 0.15) is 5.38 Å². The zero-order chi connectivity index (χ0) is 10.8. The van der Waals surface area contributed by atoms with Gasteiger partial charge >= 0.3 is 0 Å². The molecule has 0 heterocycles. The van der Waals surface area contributed by atoms with E-state index >= 15 is 0 Å². The van der Waals surface area contributed by atoms with Gasteiger partial charge in [-0.25, -0.2) is 0 Å². The highest BCUT2D eigenvalue weighted by molar-refractivity contribution is 6.30. The highest BCUT2D eigenvalue weighted by atomic mass is 35.5. The number of nitrogens with zero attached hydrogens (tertiary/aromatic N) is 3. The van der Waals surface area contributed by atoms with E-state index in [4.69, 9.17) is 17.1 Å². The Kier molecular flexibility index (Phi) is 8.08. The van der Waals surface area contributed by atoms with Crippen LogP contribution in [0.4, 0.5) is 0 Å². The first kappa shape index (κ1) is 13.1. The quantitative estimate of drug-likeness (QED) is 0.230. The van der Waals surface area contributed by atoms with Gasteiger partial charge in [0.2, 0.25) is 5.91 Å². The summed E-state index contributed by atoms with van der Waals surface area (Å²) >= 11 is 5.81. The van der Waals surface area contributed by atoms with Crippen LogP contribution in [0.3, 0.4) is 0 Å². The van der Waals surface area contributed by atoms with E-state index in [2.05, 4.69) is 15.3 Å². The van der Waals surface area contributed by atoms with Crippen molar-refractivity contribution < 1.29 is 4.79 Å². The molecule has 0 spiro atoms. The van der Waals surface area contributed by atoms with Gasteiger partial charge in [-0.1, -0.05) is 24.9 Å². The fourth-order valence-corrected chi connectivity index (χ4v) is 1.13. The number of alkyl halides is 1. The smallest absolute Gasteiger partial charge is 0.238 e. The van der Waals surface area contributed by atoms with Crippen molar-refractivity contribution in [2.24, 2.45) is 5.11 Å². The molecule has 1 unspecified atom stereocenters. The van der Waals surface area contributed by atoms with E-state index in [-0.39, 0.29) is 12.5 Å². The number of rotatable bonds is 7. The molecule has 0 saturated carbocycles. The largest absolute Gasteiger partial charge is 0.355 e. The van der Waals surface area contributed by atoms with Gasteiger partial charge in [-0.2, -0.15) is 0 Å². The van der Waals surface area contributed by atoms with Gasteiger partial charge in [0.05, 0.1) is 0 Å². The normalized spacial score (nSPS) is 11.6. The maximum atomic E-state index is 11.2. The summed E-state index contributed by atoms with van der Waals surface area (Å²) in [4.78, 5) is 13.8. The number of amides is 1. The number of azide groups is 1. The summed E-state index contributed by atoms with van der Waals surface area (Å²) in [6.45, 7) is 2.65. The van der Waals surface area contributed by atoms with Crippen LogP contribution in [-0.2, 0) is 4.79 Å². The summed E-state index contributed by atoms with van der Waals surface area (Å²) in [5, 5.41) is 5.41. The molecule has 0 saturated heterocycles. The van der Waals surface area contributed by atoms with Crippen molar-refractivity contribution in [3.8, 4) is 0 Å². The standard InChI is InChI=1S/C8H15ClN4O/c1-2-3-4-7(9)8(14)11-5-6-12-13-10/h7H,2-6H2,1H3,(H,11,14). The van der Waals surface area contributed by atoms with Gasteiger partial charge in [0, 0.05) is 18.0 Å². The first-order valence-electron chi connectivity index (χ1n) is 4.65. The van der Waals surface area contributed by atoms with Crippen LogP contribution >= 0.6 is 11.6 Å². The molecule has 0 aromatic carbocycles. The lowest BCUT2D eigenvalue weighted by Gasteiger charge is -2.08. The zero-order valence-corrected chi connectivity index (χ0v) is 9.00. The topological polar surface area (TPSA) is 77.9 Å². The fraction of sp³-hybridized carbons (Fsp3) is 0.875. The van der Waals surface area contributed by atoms with E-state index in [0.29, 0.717) is 13.0 Å². The summed E-state index contributed by atoms with van der Waals surface area (Å²) in [5.74, 6) is -0.187. The second-order valence-electron chi connectivity index (χ2n) is 2.86. The van der Waals surface area contributed by atoms with E-state index in [9.17, 15) is 4.79 Å². The first-order valence-corrected chi connectivity index (χ1v) is 5.08. The molecule has 0 rings (SSSR count). The summed E-state index contributed by atoms with van der Waals surface area (Å²) < 4.78 is 0. The van der Waals surface area contributed by atoms with E-state index in [0.717, 1.165) is 12.8 Å². The fourth-order valence-electron chi connectivity index (χ4n) is 0.899. The minimum absolute atomic E-state index is 0.187. The number of unbranched alkanes of at least 4 members (excludes halogenated alkanes) is 1. The molecule has 1 atom stereocenters.